The predicted molar refractivity (Wildman–Crippen MR) is 76.3 cm³/mol. The minimum Gasteiger partial charge on any atom is -0.497 e. The van der Waals surface area contributed by atoms with Crippen LogP contribution in [0.1, 0.15) is 20.3 Å². The lowest BCUT2D eigenvalue weighted by Gasteiger charge is -2.28. The molecule has 0 atom stereocenters. The first kappa shape index (κ1) is 15.8. The topological polar surface area (TPSA) is 78.9 Å². The van der Waals surface area contributed by atoms with Gasteiger partial charge in [-0.15, -0.1) is 0 Å². The van der Waals surface area contributed by atoms with Crippen LogP contribution in [0.2, 0.25) is 0 Å². The van der Waals surface area contributed by atoms with Gasteiger partial charge in [-0.2, -0.15) is 0 Å². The highest BCUT2D eigenvalue weighted by Crippen LogP contribution is 2.20. The quantitative estimate of drug-likeness (QED) is 0.865. The molecule has 0 saturated heterocycles. The monoisotopic (exact) mass is 280 g/mol. The molecule has 2 N–H and O–H groups in total. The number of aliphatic carboxylic acids is 1. The van der Waals surface area contributed by atoms with Crippen LogP contribution in [0, 0.1) is 0 Å². The van der Waals surface area contributed by atoms with Gasteiger partial charge in [0.1, 0.15) is 5.75 Å². The van der Waals surface area contributed by atoms with E-state index >= 15 is 0 Å². The van der Waals surface area contributed by atoms with Crippen molar-refractivity contribution in [2.24, 2.45) is 0 Å². The first-order valence-electron chi connectivity index (χ1n) is 6.17. The Morgan fingerprint density at radius 3 is 2.60 bits per heavy atom. The van der Waals surface area contributed by atoms with Crippen molar-refractivity contribution in [2.45, 2.75) is 25.8 Å². The largest absolute Gasteiger partial charge is 0.497 e. The van der Waals surface area contributed by atoms with Crippen molar-refractivity contribution in [3.63, 3.8) is 0 Å². The standard InChI is InChI=1S/C14H20N2O4/c1-14(2,9-12(17)18)15-13(19)16(3)10-6-5-7-11(8-10)20-4/h5-8H,9H2,1-4H3,(H,15,19)(H,17,18). The Morgan fingerprint density at radius 2 is 2.05 bits per heavy atom. The van der Waals surface area contributed by atoms with E-state index in [0.29, 0.717) is 11.4 Å². The van der Waals surface area contributed by atoms with Crippen LogP contribution in [-0.2, 0) is 4.79 Å². The average Bonchev–Trinajstić information content (AvgIpc) is 2.35. The molecule has 0 aliphatic carbocycles. The highest BCUT2D eigenvalue weighted by molar-refractivity contribution is 5.92. The van der Waals surface area contributed by atoms with Gasteiger partial charge in [0, 0.05) is 24.3 Å². The number of hydrogen-bond donors (Lipinski definition) is 2. The number of hydrogen-bond acceptors (Lipinski definition) is 3. The Labute approximate surface area is 118 Å². The third kappa shape index (κ3) is 4.46. The average molecular weight is 280 g/mol. The van der Waals surface area contributed by atoms with Crippen LogP contribution in [-0.4, -0.2) is 36.8 Å². The van der Waals surface area contributed by atoms with E-state index in [9.17, 15) is 9.59 Å². The van der Waals surface area contributed by atoms with Crippen molar-refractivity contribution in [3.8, 4) is 5.75 Å². The Kier molecular flexibility index (Phi) is 4.96. The molecule has 6 nitrogen and oxygen atoms in total. The van der Waals surface area contributed by atoms with Gasteiger partial charge in [-0.1, -0.05) is 6.07 Å². The lowest BCUT2D eigenvalue weighted by atomic mass is 10.0. The summed E-state index contributed by atoms with van der Waals surface area (Å²) in [7, 11) is 3.16. The van der Waals surface area contributed by atoms with E-state index in [4.69, 9.17) is 9.84 Å². The summed E-state index contributed by atoms with van der Waals surface area (Å²) < 4.78 is 5.10. The second-order valence-corrected chi connectivity index (χ2v) is 5.15. The molecule has 1 aromatic rings. The van der Waals surface area contributed by atoms with Crippen LogP contribution in [0.4, 0.5) is 10.5 Å². The maximum atomic E-state index is 12.1. The van der Waals surface area contributed by atoms with E-state index in [1.807, 2.05) is 0 Å². The molecule has 0 fully saturated rings. The fourth-order valence-corrected chi connectivity index (χ4v) is 1.73. The zero-order valence-electron chi connectivity index (χ0n) is 12.1. The molecule has 6 heteroatoms. The second-order valence-electron chi connectivity index (χ2n) is 5.15. The summed E-state index contributed by atoms with van der Waals surface area (Å²) in [6, 6.07) is 6.68. The van der Waals surface area contributed by atoms with Crippen LogP contribution < -0.4 is 15.0 Å². The molecular formula is C14H20N2O4. The van der Waals surface area contributed by atoms with Gasteiger partial charge in [0.15, 0.2) is 0 Å². The van der Waals surface area contributed by atoms with Gasteiger partial charge in [0.25, 0.3) is 0 Å². The molecule has 1 rings (SSSR count). The molecule has 0 heterocycles. The van der Waals surface area contributed by atoms with Gasteiger partial charge in [0.2, 0.25) is 0 Å². The van der Waals surface area contributed by atoms with Crippen LogP contribution in [0.15, 0.2) is 24.3 Å². The van der Waals surface area contributed by atoms with E-state index in [-0.39, 0.29) is 12.5 Å². The SMILES string of the molecule is COc1cccc(N(C)C(=O)NC(C)(C)CC(=O)O)c1. The van der Waals surface area contributed by atoms with Crippen LogP contribution >= 0.6 is 0 Å². The summed E-state index contributed by atoms with van der Waals surface area (Å²) in [6.45, 7) is 3.33. The third-order valence-corrected chi connectivity index (χ3v) is 2.78. The first-order chi connectivity index (χ1) is 9.25. The maximum Gasteiger partial charge on any atom is 0.322 e. The van der Waals surface area contributed by atoms with Gasteiger partial charge in [-0.25, -0.2) is 4.79 Å². The maximum absolute atomic E-state index is 12.1. The van der Waals surface area contributed by atoms with Gasteiger partial charge in [0.05, 0.1) is 13.5 Å². The highest BCUT2D eigenvalue weighted by atomic mass is 16.5. The minimum absolute atomic E-state index is 0.148. The van der Waals surface area contributed by atoms with E-state index < -0.39 is 11.5 Å². The van der Waals surface area contributed by atoms with Crippen molar-refractivity contribution in [1.82, 2.24) is 5.32 Å². The number of nitrogens with zero attached hydrogens (tertiary/aromatic N) is 1. The zero-order valence-corrected chi connectivity index (χ0v) is 12.1. The summed E-state index contributed by atoms with van der Waals surface area (Å²) in [6.07, 6.45) is -0.148. The molecule has 0 aliphatic heterocycles. The number of methoxy groups -OCH3 is 1. The number of carboxylic acid groups (broad SMARTS) is 1. The number of anilines is 1. The number of urea groups is 1. The lowest BCUT2D eigenvalue weighted by Crippen LogP contribution is -2.50. The zero-order chi connectivity index (χ0) is 15.3. The molecule has 0 aromatic heterocycles. The molecule has 110 valence electrons. The summed E-state index contributed by atoms with van der Waals surface area (Å²) in [5, 5.41) is 11.5. The van der Waals surface area contributed by atoms with E-state index in [1.54, 1.807) is 52.3 Å². The van der Waals surface area contributed by atoms with E-state index in [0.717, 1.165) is 0 Å². The molecule has 0 saturated carbocycles. The van der Waals surface area contributed by atoms with Crippen molar-refractivity contribution in [1.29, 1.82) is 0 Å². The van der Waals surface area contributed by atoms with Crippen molar-refractivity contribution >= 4 is 17.7 Å². The Bertz CT molecular complexity index is 500. The van der Waals surface area contributed by atoms with Gasteiger partial charge >= 0.3 is 12.0 Å². The van der Waals surface area contributed by atoms with E-state index in [1.165, 1.54) is 4.90 Å². The minimum atomic E-state index is -0.959. The van der Waals surface area contributed by atoms with Crippen LogP contribution in [0.25, 0.3) is 0 Å². The summed E-state index contributed by atoms with van der Waals surface area (Å²) in [5.41, 5.74) is -0.163. The number of nitrogens with one attached hydrogen (secondary N) is 1. The Morgan fingerprint density at radius 1 is 1.40 bits per heavy atom. The van der Waals surface area contributed by atoms with Gasteiger partial charge < -0.3 is 15.2 Å². The molecule has 0 spiro atoms. The number of carboxylic acids is 1. The third-order valence-electron chi connectivity index (χ3n) is 2.78. The normalized spacial score (nSPS) is 10.8. The Hall–Kier alpha value is -2.24. The molecule has 1 aromatic carbocycles. The smallest absolute Gasteiger partial charge is 0.322 e. The fourth-order valence-electron chi connectivity index (χ4n) is 1.73. The fraction of sp³-hybridized carbons (Fsp3) is 0.429. The molecule has 0 aliphatic rings. The summed E-state index contributed by atoms with van der Waals surface area (Å²) in [4.78, 5) is 24.3. The highest BCUT2D eigenvalue weighted by Gasteiger charge is 2.25. The number of carbonyl (C=O) groups is 2. The number of ether oxygens (including phenoxy) is 1. The number of benzene rings is 1. The van der Waals surface area contributed by atoms with Crippen molar-refractivity contribution < 1.29 is 19.4 Å². The second kappa shape index (κ2) is 6.27. The lowest BCUT2D eigenvalue weighted by molar-refractivity contribution is -0.138. The Balaban J connectivity index is 2.78. The van der Waals surface area contributed by atoms with Gasteiger partial charge in [-0.3, -0.25) is 9.69 Å². The molecule has 0 radical (unpaired) electrons. The van der Waals surface area contributed by atoms with Crippen LogP contribution in [0.5, 0.6) is 5.75 Å². The first-order valence-corrected chi connectivity index (χ1v) is 6.17. The molecule has 20 heavy (non-hydrogen) atoms. The molecule has 0 bridgehead atoms. The van der Waals surface area contributed by atoms with E-state index in [2.05, 4.69) is 5.32 Å². The molecule has 2 amide bonds. The van der Waals surface area contributed by atoms with Gasteiger partial charge in [-0.05, 0) is 26.0 Å². The number of carbonyl (C=O) groups excluding carboxylic acids is 1. The molecular weight excluding hydrogens is 260 g/mol. The summed E-state index contributed by atoms with van der Waals surface area (Å²) >= 11 is 0. The summed E-state index contributed by atoms with van der Waals surface area (Å²) in [5.74, 6) is -0.314. The number of amides is 2. The van der Waals surface area contributed by atoms with Crippen molar-refractivity contribution in [2.75, 3.05) is 19.1 Å². The predicted octanol–water partition coefficient (Wildman–Crippen LogP) is 2.09. The van der Waals surface area contributed by atoms with Crippen molar-refractivity contribution in [3.05, 3.63) is 24.3 Å². The number of rotatable bonds is 5. The van der Waals surface area contributed by atoms with Crippen LogP contribution in [0.3, 0.4) is 0 Å². The molecule has 0 unspecified atom stereocenters.